The van der Waals surface area contributed by atoms with E-state index in [9.17, 15) is 9.59 Å². The molecule has 2 heterocycles. The number of hydrogen-bond acceptors (Lipinski definition) is 5. The number of nitrogens with zero attached hydrogens (tertiary/aromatic N) is 2. The van der Waals surface area contributed by atoms with Crippen molar-refractivity contribution in [3.8, 4) is 5.75 Å². The Hall–Kier alpha value is -2.12. The zero-order valence-electron chi connectivity index (χ0n) is 16.0. The molecule has 1 atom stereocenters. The Morgan fingerprint density at radius 1 is 1.19 bits per heavy atom. The average molecular weight is 375 g/mol. The fourth-order valence-electron chi connectivity index (χ4n) is 3.42. The number of benzene rings is 1. The number of ether oxygens (including phenoxy) is 2. The van der Waals surface area contributed by atoms with Crippen molar-refractivity contribution in [2.75, 3.05) is 50.8 Å². The minimum atomic E-state index is -0.0695. The third kappa shape index (κ3) is 5.68. The molecule has 0 unspecified atom stereocenters. The van der Waals surface area contributed by atoms with Crippen molar-refractivity contribution in [2.45, 2.75) is 32.3 Å². The Bertz CT molecular complexity index is 646. The molecule has 148 valence electrons. The molecule has 0 aromatic heterocycles. The monoisotopic (exact) mass is 375 g/mol. The van der Waals surface area contributed by atoms with Crippen LogP contribution in [0.5, 0.6) is 5.75 Å². The van der Waals surface area contributed by atoms with E-state index in [1.165, 1.54) is 0 Å². The molecule has 7 nitrogen and oxygen atoms in total. The molecule has 1 aromatic carbocycles. The van der Waals surface area contributed by atoms with Gasteiger partial charge in [0.05, 0.1) is 25.4 Å². The lowest BCUT2D eigenvalue weighted by molar-refractivity contribution is -0.125. The van der Waals surface area contributed by atoms with Crippen molar-refractivity contribution < 1.29 is 19.1 Å². The van der Waals surface area contributed by atoms with Crippen molar-refractivity contribution in [3.05, 3.63) is 24.3 Å². The molecule has 2 aliphatic rings. The third-order valence-corrected chi connectivity index (χ3v) is 4.87. The van der Waals surface area contributed by atoms with E-state index in [-0.39, 0.29) is 30.8 Å². The fourth-order valence-corrected chi connectivity index (χ4v) is 3.42. The summed E-state index contributed by atoms with van der Waals surface area (Å²) in [6.45, 7) is 7.56. The first-order chi connectivity index (χ1) is 13.1. The number of carbonyl (C=O) groups excluding carboxylic acids is 2. The summed E-state index contributed by atoms with van der Waals surface area (Å²) in [4.78, 5) is 28.7. The number of fused-ring (bicyclic) bond motifs is 1. The summed E-state index contributed by atoms with van der Waals surface area (Å²) in [6, 6.07) is 7.53. The maximum atomic E-state index is 12.6. The van der Waals surface area contributed by atoms with Crippen LogP contribution in [0.15, 0.2) is 24.3 Å². The standard InChI is InChI=1S/C20H29N3O4/c1-16-15-23(17-5-2-3-6-18(17)27-16)20(25)8-7-19(24)21-9-4-10-22-11-13-26-14-12-22/h2-3,5-6,16H,4,7-15H2,1H3,(H,21,24)/t16-/m1/s1. The van der Waals surface area contributed by atoms with Gasteiger partial charge in [0.25, 0.3) is 0 Å². The van der Waals surface area contributed by atoms with Crippen molar-refractivity contribution in [1.29, 1.82) is 0 Å². The van der Waals surface area contributed by atoms with Gasteiger partial charge in [0.2, 0.25) is 11.8 Å². The average Bonchev–Trinajstić information content (AvgIpc) is 2.69. The van der Waals surface area contributed by atoms with Gasteiger partial charge in [0, 0.05) is 32.5 Å². The lowest BCUT2D eigenvalue weighted by atomic mass is 10.1. The van der Waals surface area contributed by atoms with E-state index >= 15 is 0 Å². The quantitative estimate of drug-likeness (QED) is 0.730. The minimum Gasteiger partial charge on any atom is -0.487 e. The van der Waals surface area contributed by atoms with Crippen LogP contribution < -0.4 is 15.0 Å². The maximum Gasteiger partial charge on any atom is 0.227 e. The molecular weight excluding hydrogens is 346 g/mol. The van der Waals surface area contributed by atoms with Crippen LogP contribution in [0.3, 0.4) is 0 Å². The minimum absolute atomic E-state index is 0.0407. The predicted octanol–water partition coefficient (Wildman–Crippen LogP) is 1.42. The smallest absolute Gasteiger partial charge is 0.227 e. The molecule has 7 heteroatoms. The van der Waals surface area contributed by atoms with Crippen LogP contribution >= 0.6 is 0 Å². The van der Waals surface area contributed by atoms with Crippen molar-refractivity contribution in [3.63, 3.8) is 0 Å². The van der Waals surface area contributed by atoms with Gasteiger partial charge in [-0.3, -0.25) is 14.5 Å². The summed E-state index contributed by atoms with van der Waals surface area (Å²) in [5, 5.41) is 2.92. The Morgan fingerprint density at radius 2 is 1.96 bits per heavy atom. The molecule has 0 radical (unpaired) electrons. The number of anilines is 1. The van der Waals surface area contributed by atoms with Gasteiger partial charge in [0.1, 0.15) is 11.9 Å². The molecule has 2 aliphatic heterocycles. The molecule has 0 aliphatic carbocycles. The molecule has 0 spiro atoms. The Morgan fingerprint density at radius 3 is 2.78 bits per heavy atom. The van der Waals surface area contributed by atoms with Crippen LogP contribution in [0.2, 0.25) is 0 Å². The third-order valence-electron chi connectivity index (χ3n) is 4.87. The zero-order chi connectivity index (χ0) is 19.1. The Labute approximate surface area is 160 Å². The molecule has 0 bridgehead atoms. The van der Waals surface area contributed by atoms with E-state index in [4.69, 9.17) is 9.47 Å². The van der Waals surface area contributed by atoms with E-state index in [1.54, 1.807) is 4.90 Å². The lowest BCUT2D eigenvalue weighted by Gasteiger charge is -2.33. The van der Waals surface area contributed by atoms with Crippen LogP contribution in [-0.4, -0.2) is 68.8 Å². The summed E-state index contributed by atoms with van der Waals surface area (Å²) in [7, 11) is 0. The molecule has 1 fully saturated rings. The predicted molar refractivity (Wildman–Crippen MR) is 103 cm³/mol. The first-order valence-corrected chi connectivity index (χ1v) is 9.76. The van der Waals surface area contributed by atoms with Gasteiger partial charge in [-0.25, -0.2) is 0 Å². The van der Waals surface area contributed by atoms with Gasteiger partial charge in [-0.15, -0.1) is 0 Å². The number of amides is 2. The Balaban J connectivity index is 1.38. The van der Waals surface area contributed by atoms with Gasteiger partial charge in [-0.2, -0.15) is 0 Å². The second-order valence-electron chi connectivity index (χ2n) is 7.06. The van der Waals surface area contributed by atoms with Gasteiger partial charge >= 0.3 is 0 Å². The second-order valence-corrected chi connectivity index (χ2v) is 7.06. The highest BCUT2D eigenvalue weighted by molar-refractivity contribution is 5.97. The van der Waals surface area contributed by atoms with Crippen molar-refractivity contribution in [1.82, 2.24) is 10.2 Å². The van der Waals surface area contributed by atoms with E-state index in [0.717, 1.165) is 50.7 Å². The topological polar surface area (TPSA) is 71.1 Å². The second kappa shape index (κ2) is 9.71. The van der Waals surface area contributed by atoms with Crippen molar-refractivity contribution in [2.24, 2.45) is 0 Å². The number of nitrogens with one attached hydrogen (secondary N) is 1. The summed E-state index contributed by atoms with van der Waals surface area (Å²) in [5.41, 5.74) is 0.784. The van der Waals surface area contributed by atoms with E-state index in [2.05, 4.69) is 10.2 Å². The molecule has 2 amide bonds. The molecule has 1 aromatic rings. The molecule has 27 heavy (non-hydrogen) atoms. The first kappa shape index (κ1) is 19.6. The summed E-state index contributed by atoms with van der Waals surface area (Å²) < 4.78 is 11.1. The molecule has 1 saturated heterocycles. The van der Waals surface area contributed by atoms with Gasteiger partial charge in [-0.05, 0) is 32.0 Å². The number of rotatable bonds is 7. The van der Waals surface area contributed by atoms with Crippen LogP contribution in [0, 0.1) is 0 Å². The van der Waals surface area contributed by atoms with E-state index < -0.39 is 0 Å². The molecule has 3 rings (SSSR count). The number of carbonyl (C=O) groups is 2. The van der Waals surface area contributed by atoms with Crippen LogP contribution in [0.4, 0.5) is 5.69 Å². The summed E-state index contributed by atoms with van der Waals surface area (Å²) in [5.74, 6) is 0.609. The lowest BCUT2D eigenvalue weighted by Crippen LogP contribution is -2.42. The van der Waals surface area contributed by atoms with Gasteiger partial charge < -0.3 is 19.7 Å². The normalized spacial score (nSPS) is 19.9. The SMILES string of the molecule is C[C@@H]1CN(C(=O)CCC(=O)NCCCN2CCOCC2)c2ccccc2O1. The number of para-hydroxylation sites is 2. The van der Waals surface area contributed by atoms with Crippen LogP contribution in [0.25, 0.3) is 0 Å². The highest BCUT2D eigenvalue weighted by Gasteiger charge is 2.27. The molecular formula is C20H29N3O4. The number of hydrogen-bond donors (Lipinski definition) is 1. The zero-order valence-corrected chi connectivity index (χ0v) is 16.0. The van der Waals surface area contributed by atoms with E-state index in [1.807, 2.05) is 31.2 Å². The maximum absolute atomic E-state index is 12.6. The largest absolute Gasteiger partial charge is 0.487 e. The molecule has 1 N–H and O–H groups in total. The van der Waals surface area contributed by atoms with Crippen LogP contribution in [0.1, 0.15) is 26.2 Å². The highest BCUT2D eigenvalue weighted by atomic mass is 16.5. The highest BCUT2D eigenvalue weighted by Crippen LogP contribution is 2.33. The van der Waals surface area contributed by atoms with Gasteiger partial charge in [0.15, 0.2) is 0 Å². The number of morpholine rings is 1. The van der Waals surface area contributed by atoms with Gasteiger partial charge in [-0.1, -0.05) is 12.1 Å². The Kier molecular flexibility index (Phi) is 7.06. The molecule has 0 saturated carbocycles. The van der Waals surface area contributed by atoms with Crippen molar-refractivity contribution >= 4 is 17.5 Å². The summed E-state index contributed by atoms with van der Waals surface area (Å²) >= 11 is 0. The van der Waals surface area contributed by atoms with E-state index in [0.29, 0.717) is 13.1 Å². The first-order valence-electron chi connectivity index (χ1n) is 9.76. The summed E-state index contributed by atoms with van der Waals surface area (Å²) in [6.07, 6.45) is 1.27. The van der Waals surface area contributed by atoms with Crippen LogP contribution in [-0.2, 0) is 14.3 Å². The fraction of sp³-hybridized carbons (Fsp3) is 0.600.